The Hall–Kier alpha value is -2.96. The third-order valence-corrected chi connectivity index (χ3v) is 8.18. The van der Waals surface area contributed by atoms with Crippen LogP contribution in [0, 0.1) is 13.8 Å². The highest BCUT2D eigenvalue weighted by atomic mass is 35.5. The lowest BCUT2D eigenvalue weighted by Crippen LogP contribution is -2.33. The van der Waals surface area contributed by atoms with Gasteiger partial charge in [0.25, 0.3) is 5.56 Å². The lowest BCUT2D eigenvalue weighted by molar-refractivity contribution is -0.118. The Bertz CT molecular complexity index is 1490. The largest absolute Gasteiger partial charge is 0.324 e. The Morgan fingerprint density at radius 1 is 1.15 bits per heavy atom. The van der Waals surface area contributed by atoms with Crippen molar-refractivity contribution in [2.45, 2.75) is 52.5 Å². The van der Waals surface area contributed by atoms with Gasteiger partial charge in [0, 0.05) is 21.2 Å². The van der Waals surface area contributed by atoms with Gasteiger partial charge in [-0.15, -0.1) is 11.3 Å². The lowest BCUT2D eigenvalue weighted by atomic mass is 9.97. The number of carbonyl (C=O) groups is 1. The number of thiophene rings is 1. The summed E-state index contributed by atoms with van der Waals surface area (Å²) in [7, 11) is 0. The SMILES string of the molecule is Cc1cccc(-c2nc3sc4c(c3c(=O)n2C(C)C(=O)Nc2cccc(Cl)c2C)CCCC4)c1. The molecular weight excluding hydrogens is 466 g/mol. The molecule has 1 atom stereocenters. The van der Waals surface area contributed by atoms with Gasteiger partial charge in [-0.2, -0.15) is 0 Å². The molecule has 5 nitrogen and oxygen atoms in total. The summed E-state index contributed by atoms with van der Waals surface area (Å²) in [4.78, 5) is 34.4. The summed E-state index contributed by atoms with van der Waals surface area (Å²) in [5.74, 6) is 0.233. The fourth-order valence-electron chi connectivity index (χ4n) is 4.66. The maximum atomic E-state index is 14.0. The van der Waals surface area contributed by atoms with E-state index in [1.54, 1.807) is 35.0 Å². The molecule has 4 aromatic rings. The molecule has 2 heterocycles. The van der Waals surface area contributed by atoms with Crippen molar-refractivity contribution in [3.63, 3.8) is 0 Å². The van der Waals surface area contributed by atoms with E-state index in [1.165, 1.54) is 4.88 Å². The number of benzene rings is 2. The van der Waals surface area contributed by atoms with Crippen molar-refractivity contribution in [3.05, 3.63) is 79.4 Å². The maximum Gasteiger partial charge on any atom is 0.263 e. The second kappa shape index (κ2) is 9.01. The predicted octanol–water partition coefficient (Wildman–Crippen LogP) is 6.47. The molecule has 1 unspecified atom stereocenters. The number of anilines is 1. The highest BCUT2D eigenvalue weighted by Crippen LogP contribution is 2.35. The quantitative estimate of drug-likeness (QED) is 0.355. The van der Waals surface area contributed by atoms with Gasteiger partial charge >= 0.3 is 0 Å². The third kappa shape index (κ3) is 3.95. The number of aryl methyl sites for hydroxylation is 3. The van der Waals surface area contributed by atoms with Gasteiger partial charge in [-0.3, -0.25) is 14.2 Å². The first kappa shape index (κ1) is 22.8. The molecule has 2 aromatic heterocycles. The van der Waals surface area contributed by atoms with E-state index in [9.17, 15) is 9.59 Å². The van der Waals surface area contributed by atoms with Gasteiger partial charge in [0.2, 0.25) is 5.91 Å². The minimum Gasteiger partial charge on any atom is -0.324 e. The molecule has 0 radical (unpaired) electrons. The monoisotopic (exact) mass is 491 g/mol. The summed E-state index contributed by atoms with van der Waals surface area (Å²) in [5.41, 5.74) is 4.28. The molecule has 0 bridgehead atoms. The average Bonchev–Trinajstić information content (AvgIpc) is 3.20. The number of fused-ring (bicyclic) bond motifs is 3. The van der Waals surface area contributed by atoms with E-state index in [-0.39, 0.29) is 11.5 Å². The molecule has 34 heavy (non-hydrogen) atoms. The van der Waals surface area contributed by atoms with Gasteiger partial charge in [0.1, 0.15) is 16.7 Å². The highest BCUT2D eigenvalue weighted by molar-refractivity contribution is 7.18. The summed E-state index contributed by atoms with van der Waals surface area (Å²) in [6, 6.07) is 12.5. The van der Waals surface area contributed by atoms with Gasteiger partial charge in [-0.05, 0) is 75.8 Å². The number of nitrogens with zero attached hydrogens (tertiary/aromatic N) is 2. The minimum atomic E-state index is -0.766. The van der Waals surface area contributed by atoms with Crippen LogP contribution < -0.4 is 10.9 Å². The van der Waals surface area contributed by atoms with E-state index in [2.05, 4.69) is 5.32 Å². The Morgan fingerprint density at radius 3 is 2.71 bits per heavy atom. The third-order valence-electron chi connectivity index (χ3n) is 6.59. The van der Waals surface area contributed by atoms with E-state index >= 15 is 0 Å². The smallest absolute Gasteiger partial charge is 0.263 e. The molecule has 0 fully saturated rings. The van der Waals surface area contributed by atoms with Crippen LogP contribution in [0.3, 0.4) is 0 Å². The van der Waals surface area contributed by atoms with E-state index in [0.29, 0.717) is 21.9 Å². The van der Waals surface area contributed by atoms with Crippen LogP contribution in [0.4, 0.5) is 5.69 Å². The van der Waals surface area contributed by atoms with E-state index in [4.69, 9.17) is 16.6 Å². The number of hydrogen-bond donors (Lipinski definition) is 1. The van der Waals surface area contributed by atoms with Gasteiger partial charge in [0.05, 0.1) is 5.39 Å². The molecule has 5 rings (SSSR count). The average molecular weight is 492 g/mol. The summed E-state index contributed by atoms with van der Waals surface area (Å²) < 4.78 is 1.56. The number of rotatable bonds is 4. The first-order valence-electron chi connectivity index (χ1n) is 11.5. The zero-order valence-electron chi connectivity index (χ0n) is 19.4. The highest BCUT2D eigenvalue weighted by Gasteiger charge is 2.27. The van der Waals surface area contributed by atoms with Crippen LogP contribution in [0.15, 0.2) is 47.3 Å². The standard InChI is InChI=1S/C27H26ClN3O2S/c1-15-8-6-9-18(14-15)24-30-26-23(19-10-4-5-13-22(19)34-26)27(33)31(24)17(3)25(32)29-21-12-7-11-20(28)16(21)2/h6-9,11-12,14,17H,4-5,10,13H2,1-3H3,(H,29,32). The van der Waals surface area contributed by atoms with Gasteiger partial charge < -0.3 is 5.32 Å². The predicted molar refractivity (Wildman–Crippen MR) is 140 cm³/mol. The number of aromatic nitrogens is 2. The molecule has 7 heteroatoms. The molecule has 1 N–H and O–H groups in total. The van der Waals surface area contributed by atoms with Crippen LogP contribution in [0.2, 0.25) is 5.02 Å². The van der Waals surface area contributed by atoms with Crippen LogP contribution in [0.5, 0.6) is 0 Å². The van der Waals surface area contributed by atoms with E-state index in [1.807, 2.05) is 44.2 Å². The number of carbonyl (C=O) groups excluding carboxylic acids is 1. The lowest BCUT2D eigenvalue weighted by Gasteiger charge is -2.20. The molecule has 0 saturated carbocycles. The van der Waals surface area contributed by atoms with E-state index in [0.717, 1.165) is 52.8 Å². The van der Waals surface area contributed by atoms with Crippen molar-refractivity contribution in [2.24, 2.45) is 0 Å². The summed E-state index contributed by atoms with van der Waals surface area (Å²) in [6.07, 6.45) is 4.08. The zero-order valence-corrected chi connectivity index (χ0v) is 21.0. The maximum absolute atomic E-state index is 14.0. The Kier molecular flexibility index (Phi) is 6.04. The molecule has 1 amide bonds. The fraction of sp³-hybridized carbons (Fsp3) is 0.296. The Morgan fingerprint density at radius 2 is 1.91 bits per heavy atom. The van der Waals surface area contributed by atoms with E-state index < -0.39 is 6.04 Å². The molecule has 1 aliphatic rings. The molecule has 1 aliphatic carbocycles. The second-order valence-electron chi connectivity index (χ2n) is 8.95. The van der Waals surface area contributed by atoms with Gasteiger partial charge in [0.15, 0.2) is 0 Å². The first-order valence-corrected chi connectivity index (χ1v) is 12.7. The van der Waals surface area contributed by atoms with Crippen LogP contribution >= 0.6 is 22.9 Å². The summed E-state index contributed by atoms with van der Waals surface area (Å²) in [6.45, 7) is 5.62. The molecular formula is C27H26ClN3O2S. The van der Waals surface area contributed by atoms with Crippen molar-refractivity contribution >= 4 is 44.7 Å². The van der Waals surface area contributed by atoms with Crippen LogP contribution in [0.1, 0.15) is 47.4 Å². The summed E-state index contributed by atoms with van der Waals surface area (Å²) >= 11 is 7.87. The van der Waals surface area contributed by atoms with Crippen LogP contribution in [0.25, 0.3) is 21.6 Å². The molecule has 0 spiro atoms. The zero-order chi connectivity index (χ0) is 24.0. The number of hydrogen-bond acceptors (Lipinski definition) is 4. The first-order chi connectivity index (χ1) is 16.3. The number of amides is 1. The molecule has 0 aliphatic heterocycles. The van der Waals surface area contributed by atoms with Crippen molar-refractivity contribution in [2.75, 3.05) is 5.32 Å². The molecule has 0 saturated heterocycles. The molecule has 174 valence electrons. The van der Waals surface area contributed by atoms with Crippen molar-refractivity contribution in [1.29, 1.82) is 0 Å². The van der Waals surface area contributed by atoms with Gasteiger partial charge in [-0.1, -0.05) is 41.4 Å². The summed E-state index contributed by atoms with van der Waals surface area (Å²) in [5, 5.41) is 4.22. The normalized spacial score (nSPS) is 14.1. The fourth-order valence-corrected chi connectivity index (χ4v) is 6.09. The number of nitrogens with one attached hydrogen (secondary N) is 1. The van der Waals surface area contributed by atoms with Crippen molar-refractivity contribution < 1.29 is 4.79 Å². The topological polar surface area (TPSA) is 64.0 Å². The number of halogens is 1. The van der Waals surface area contributed by atoms with Crippen molar-refractivity contribution in [3.8, 4) is 11.4 Å². The molecule has 2 aromatic carbocycles. The Balaban J connectivity index is 1.68. The Labute approximate surface area is 207 Å². The van der Waals surface area contributed by atoms with Crippen LogP contribution in [-0.2, 0) is 17.6 Å². The second-order valence-corrected chi connectivity index (χ2v) is 10.4. The van der Waals surface area contributed by atoms with Gasteiger partial charge in [-0.25, -0.2) is 4.98 Å². The van der Waals surface area contributed by atoms with Crippen LogP contribution in [-0.4, -0.2) is 15.5 Å². The van der Waals surface area contributed by atoms with Crippen molar-refractivity contribution in [1.82, 2.24) is 9.55 Å². The minimum absolute atomic E-state index is 0.147.